The summed E-state index contributed by atoms with van der Waals surface area (Å²) in [5, 5.41) is 0. The van der Waals surface area contributed by atoms with Gasteiger partial charge in [-0.05, 0) is 19.1 Å². The van der Waals surface area contributed by atoms with Gasteiger partial charge >= 0.3 is 0 Å². The normalized spacial score (nSPS) is 12.1. The highest BCUT2D eigenvalue weighted by Crippen LogP contribution is 2.24. The number of ether oxygens (including phenoxy) is 1. The average molecular weight is 328 g/mol. The minimum atomic E-state index is -4.05. The maximum Gasteiger partial charge on any atom is 0.245 e. The molecule has 8 heteroatoms. The van der Waals surface area contributed by atoms with Crippen LogP contribution in [0, 0.1) is 11.6 Å². The molecule has 0 saturated carbocycles. The lowest BCUT2D eigenvalue weighted by molar-refractivity contribution is 0.138. The van der Waals surface area contributed by atoms with Gasteiger partial charge in [0.1, 0.15) is 10.7 Å². The number of hydrogen-bond acceptors (Lipinski definition) is 3. The molecule has 20 heavy (non-hydrogen) atoms. The first-order valence-corrected chi connectivity index (χ1v) is 7.90. The average Bonchev–Trinajstić information content (AvgIpc) is 2.39. The van der Waals surface area contributed by atoms with Crippen molar-refractivity contribution in [1.82, 2.24) is 4.31 Å². The van der Waals surface area contributed by atoms with Crippen LogP contribution in [0.4, 0.5) is 8.78 Å². The van der Waals surface area contributed by atoms with Crippen molar-refractivity contribution in [2.75, 3.05) is 26.8 Å². The molecular formula is C12H16ClF2NO3S. The maximum atomic E-state index is 14.0. The van der Waals surface area contributed by atoms with E-state index in [9.17, 15) is 17.2 Å². The Bertz CT molecular complexity index is 566. The van der Waals surface area contributed by atoms with Crippen LogP contribution in [0.15, 0.2) is 17.0 Å². The molecule has 0 heterocycles. The predicted molar refractivity (Wildman–Crippen MR) is 72.2 cm³/mol. The van der Waals surface area contributed by atoms with Crippen molar-refractivity contribution >= 4 is 21.6 Å². The van der Waals surface area contributed by atoms with Crippen molar-refractivity contribution in [1.29, 1.82) is 0 Å². The first-order chi connectivity index (χ1) is 9.36. The summed E-state index contributed by atoms with van der Waals surface area (Å²) in [7, 11) is -2.74. The smallest absolute Gasteiger partial charge is 0.245 e. The molecule has 1 aromatic carbocycles. The minimum absolute atomic E-state index is 0.0726. The van der Waals surface area contributed by atoms with Crippen LogP contribution in [-0.2, 0) is 20.6 Å². The Hall–Kier alpha value is -0.760. The minimum Gasteiger partial charge on any atom is -0.380 e. The lowest BCUT2D eigenvalue weighted by atomic mass is 10.2. The van der Waals surface area contributed by atoms with Crippen molar-refractivity contribution in [2.45, 2.75) is 17.7 Å². The third-order valence-corrected chi connectivity index (χ3v) is 4.87. The standard InChI is InChI=1S/C12H16ClF2NO3S/c1-3-19-7-6-16(2)20(17,18)11-5-4-10(14)9(8-13)12(11)15/h4-5H,3,6-8H2,1-2H3. The molecule has 0 saturated heterocycles. The van der Waals surface area contributed by atoms with Crippen LogP contribution in [0.1, 0.15) is 12.5 Å². The third-order valence-electron chi connectivity index (χ3n) is 2.73. The number of nitrogens with zero attached hydrogens (tertiary/aromatic N) is 1. The quantitative estimate of drug-likeness (QED) is 0.570. The van der Waals surface area contributed by atoms with Gasteiger partial charge in [0, 0.05) is 25.8 Å². The Morgan fingerprint density at radius 3 is 2.55 bits per heavy atom. The highest BCUT2D eigenvalue weighted by Gasteiger charge is 2.27. The number of likely N-dealkylation sites (N-methyl/N-ethyl adjacent to an activating group) is 1. The van der Waals surface area contributed by atoms with Gasteiger partial charge in [-0.3, -0.25) is 0 Å². The van der Waals surface area contributed by atoms with Gasteiger partial charge in [0.15, 0.2) is 5.82 Å². The monoisotopic (exact) mass is 327 g/mol. The van der Waals surface area contributed by atoms with Crippen LogP contribution in [-0.4, -0.2) is 39.5 Å². The molecule has 0 N–H and O–H groups in total. The molecule has 0 aliphatic rings. The van der Waals surface area contributed by atoms with E-state index in [1.807, 2.05) is 0 Å². The van der Waals surface area contributed by atoms with Crippen molar-refractivity contribution in [3.8, 4) is 0 Å². The molecule has 0 fully saturated rings. The van der Waals surface area contributed by atoms with E-state index in [1.54, 1.807) is 6.92 Å². The maximum absolute atomic E-state index is 14.0. The van der Waals surface area contributed by atoms with E-state index in [0.717, 1.165) is 16.4 Å². The largest absolute Gasteiger partial charge is 0.380 e. The molecule has 0 spiro atoms. The van der Waals surface area contributed by atoms with Crippen molar-refractivity contribution in [3.63, 3.8) is 0 Å². The zero-order chi connectivity index (χ0) is 15.3. The molecule has 0 radical (unpaired) electrons. The zero-order valence-electron chi connectivity index (χ0n) is 11.2. The Morgan fingerprint density at radius 2 is 2.00 bits per heavy atom. The van der Waals surface area contributed by atoms with Gasteiger partial charge in [0.2, 0.25) is 10.0 Å². The molecule has 114 valence electrons. The van der Waals surface area contributed by atoms with E-state index in [4.69, 9.17) is 16.3 Å². The van der Waals surface area contributed by atoms with Crippen LogP contribution < -0.4 is 0 Å². The Labute approximate surface area is 122 Å². The highest BCUT2D eigenvalue weighted by atomic mass is 35.5. The number of benzene rings is 1. The summed E-state index contributed by atoms with van der Waals surface area (Å²) in [4.78, 5) is -0.589. The predicted octanol–water partition coefficient (Wildman–Crippen LogP) is 2.36. The fraction of sp³-hybridized carbons (Fsp3) is 0.500. The van der Waals surface area contributed by atoms with Gasteiger partial charge in [0.25, 0.3) is 0 Å². The van der Waals surface area contributed by atoms with Crippen LogP contribution in [0.2, 0.25) is 0 Å². The van der Waals surface area contributed by atoms with Gasteiger partial charge in [-0.1, -0.05) is 0 Å². The summed E-state index contributed by atoms with van der Waals surface area (Å²) in [5.41, 5.74) is -0.453. The molecule has 0 aliphatic carbocycles. The molecule has 1 aromatic rings. The van der Waals surface area contributed by atoms with Gasteiger partial charge in [0.05, 0.1) is 12.5 Å². The fourth-order valence-electron chi connectivity index (χ4n) is 1.52. The summed E-state index contributed by atoms with van der Waals surface area (Å²) in [6.45, 7) is 2.50. The molecule has 0 bridgehead atoms. The van der Waals surface area contributed by atoms with E-state index in [2.05, 4.69) is 0 Å². The SMILES string of the molecule is CCOCCN(C)S(=O)(=O)c1ccc(F)c(CCl)c1F. The third kappa shape index (κ3) is 3.66. The number of alkyl halides is 1. The lowest BCUT2D eigenvalue weighted by Gasteiger charge is -2.18. The molecule has 0 atom stereocenters. The van der Waals surface area contributed by atoms with Gasteiger partial charge in [-0.25, -0.2) is 17.2 Å². The Kier molecular flexibility index (Phi) is 6.32. The molecule has 0 unspecified atom stereocenters. The van der Waals surface area contributed by atoms with E-state index in [0.29, 0.717) is 6.61 Å². The van der Waals surface area contributed by atoms with Crippen molar-refractivity contribution in [2.24, 2.45) is 0 Å². The number of sulfonamides is 1. The first kappa shape index (κ1) is 17.3. The summed E-state index contributed by atoms with van der Waals surface area (Å²) in [6, 6.07) is 1.79. The first-order valence-electron chi connectivity index (χ1n) is 5.93. The zero-order valence-corrected chi connectivity index (χ0v) is 12.8. The van der Waals surface area contributed by atoms with Crippen LogP contribution in [0.3, 0.4) is 0 Å². The number of halogens is 3. The number of rotatable bonds is 7. The second-order valence-corrected chi connectivity index (χ2v) is 6.28. The second kappa shape index (κ2) is 7.31. The van der Waals surface area contributed by atoms with Crippen molar-refractivity contribution < 1.29 is 21.9 Å². The summed E-state index contributed by atoms with van der Waals surface area (Å²) in [5.74, 6) is -2.46. The molecule has 4 nitrogen and oxygen atoms in total. The fourth-order valence-corrected chi connectivity index (χ4v) is 3.01. The Morgan fingerprint density at radius 1 is 1.35 bits per heavy atom. The molecule has 0 amide bonds. The summed E-state index contributed by atoms with van der Waals surface area (Å²) < 4.78 is 57.7. The van der Waals surface area contributed by atoms with Crippen LogP contribution >= 0.6 is 11.6 Å². The molecule has 1 rings (SSSR count). The lowest BCUT2D eigenvalue weighted by Crippen LogP contribution is -2.31. The Balaban J connectivity index is 3.10. The second-order valence-electron chi connectivity index (χ2n) is 4.00. The van der Waals surface area contributed by atoms with Gasteiger partial charge < -0.3 is 4.74 Å². The van der Waals surface area contributed by atoms with Crippen LogP contribution in [0.25, 0.3) is 0 Å². The van der Waals surface area contributed by atoms with E-state index < -0.39 is 38.0 Å². The molecular weight excluding hydrogens is 312 g/mol. The highest BCUT2D eigenvalue weighted by molar-refractivity contribution is 7.89. The van der Waals surface area contributed by atoms with Crippen LogP contribution in [0.5, 0.6) is 0 Å². The van der Waals surface area contributed by atoms with Crippen molar-refractivity contribution in [3.05, 3.63) is 29.3 Å². The van der Waals surface area contributed by atoms with E-state index >= 15 is 0 Å². The van der Waals surface area contributed by atoms with E-state index in [-0.39, 0.29) is 13.2 Å². The molecule has 0 aliphatic heterocycles. The summed E-state index contributed by atoms with van der Waals surface area (Å²) >= 11 is 5.43. The topological polar surface area (TPSA) is 46.6 Å². The summed E-state index contributed by atoms with van der Waals surface area (Å²) in [6.07, 6.45) is 0. The van der Waals surface area contributed by atoms with Gasteiger partial charge in [-0.15, -0.1) is 11.6 Å². The number of hydrogen-bond donors (Lipinski definition) is 0. The molecule has 0 aromatic heterocycles. The van der Waals surface area contributed by atoms with Gasteiger partial charge in [-0.2, -0.15) is 4.31 Å². The van der Waals surface area contributed by atoms with E-state index in [1.165, 1.54) is 7.05 Å².